The standard InChI is InChI=1S/C23H27BrF2N2O3/c1-6-14(2)13-28(18-8-7-16(24)9-15(18)3)17-10-19(30-4)22(20(11-17)31-5)23(29)27-12-21(25)26/h7-11,13,21H,6,12H2,1-5H3,(H,27,29)/b14-13-. The molecule has 8 heteroatoms. The van der Waals surface area contributed by atoms with Gasteiger partial charge < -0.3 is 19.7 Å². The van der Waals surface area contributed by atoms with E-state index in [0.717, 1.165) is 27.7 Å². The Bertz CT molecular complexity index is 939. The molecule has 5 nitrogen and oxygen atoms in total. The average Bonchev–Trinajstić information content (AvgIpc) is 2.74. The van der Waals surface area contributed by atoms with Crippen LogP contribution in [0.25, 0.3) is 0 Å². The van der Waals surface area contributed by atoms with Gasteiger partial charge in [0.1, 0.15) is 17.1 Å². The fourth-order valence-electron chi connectivity index (χ4n) is 3.00. The number of nitrogens with zero attached hydrogens (tertiary/aromatic N) is 1. The summed E-state index contributed by atoms with van der Waals surface area (Å²) in [7, 11) is 2.84. The van der Waals surface area contributed by atoms with Gasteiger partial charge in [-0.2, -0.15) is 0 Å². The van der Waals surface area contributed by atoms with E-state index in [9.17, 15) is 13.6 Å². The molecule has 0 aromatic heterocycles. The summed E-state index contributed by atoms with van der Waals surface area (Å²) in [5, 5.41) is 2.21. The number of benzene rings is 2. The van der Waals surface area contributed by atoms with Gasteiger partial charge in [-0.25, -0.2) is 8.78 Å². The lowest BCUT2D eigenvalue weighted by molar-refractivity contribution is 0.0885. The first-order valence-corrected chi connectivity index (χ1v) is 10.6. The van der Waals surface area contributed by atoms with Crippen molar-refractivity contribution >= 4 is 33.2 Å². The second-order valence-corrected chi connectivity index (χ2v) is 7.87. The van der Waals surface area contributed by atoms with E-state index in [1.807, 2.05) is 43.1 Å². The van der Waals surface area contributed by atoms with Crippen molar-refractivity contribution in [2.75, 3.05) is 25.7 Å². The highest BCUT2D eigenvalue weighted by Gasteiger charge is 2.23. The molecular weight excluding hydrogens is 470 g/mol. The molecule has 0 saturated carbocycles. The van der Waals surface area contributed by atoms with Crippen molar-refractivity contribution in [3.63, 3.8) is 0 Å². The summed E-state index contributed by atoms with van der Waals surface area (Å²) in [6.07, 6.45) is 0.216. The molecule has 0 aliphatic rings. The maximum Gasteiger partial charge on any atom is 0.259 e. The SMILES string of the molecule is CC/C(C)=C\N(c1cc(OC)c(C(=O)NCC(F)F)c(OC)c1)c1ccc(Br)cc1C. The highest BCUT2D eigenvalue weighted by molar-refractivity contribution is 9.10. The summed E-state index contributed by atoms with van der Waals surface area (Å²) < 4.78 is 37.0. The van der Waals surface area contributed by atoms with Gasteiger partial charge in [0.15, 0.2) is 0 Å². The first-order chi connectivity index (χ1) is 14.7. The predicted molar refractivity (Wildman–Crippen MR) is 123 cm³/mol. The molecule has 31 heavy (non-hydrogen) atoms. The highest BCUT2D eigenvalue weighted by Crippen LogP contribution is 2.39. The molecule has 0 aliphatic carbocycles. The number of alkyl halides is 2. The monoisotopic (exact) mass is 496 g/mol. The largest absolute Gasteiger partial charge is 0.496 e. The van der Waals surface area contributed by atoms with E-state index in [1.165, 1.54) is 14.2 Å². The van der Waals surface area contributed by atoms with Gasteiger partial charge in [0.05, 0.1) is 26.5 Å². The fraction of sp³-hybridized carbons (Fsp3) is 0.348. The van der Waals surface area contributed by atoms with Gasteiger partial charge in [0, 0.05) is 28.5 Å². The number of allylic oxidation sites excluding steroid dienone is 1. The van der Waals surface area contributed by atoms with Crippen LogP contribution in [0.3, 0.4) is 0 Å². The summed E-state index contributed by atoms with van der Waals surface area (Å²) in [4.78, 5) is 14.5. The molecule has 2 aromatic carbocycles. The van der Waals surface area contributed by atoms with Gasteiger partial charge in [-0.05, 0) is 44.0 Å². The molecule has 1 amide bonds. The van der Waals surface area contributed by atoms with E-state index in [0.29, 0.717) is 5.69 Å². The lowest BCUT2D eigenvalue weighted by Gasteiger charge is -2.26. The van der Waals surface area contributed by atoms with Crippen LogP contribution in [0.15, 0.2) is 46.6 Å². The van der Waals surface area contributed by atoms with Crippen LogP contribution in [-0.2, 0) is 0 Å². The molecule has 2 aromatic rings. The Morgan fingerprint density at radius 1 is 1.19 bits per heavy atom. The van der Waals surface area contributed by atoms with E-state index >= 15 is 0 Å². The zero-order chi connectivity index (χ0) is 23.1. The number of nitrogens with one attached hydrogen (secondary N) is 1. The molecule has 0 saturated heterocycles. The number of amides is 1. The van der Waals surface area contributed by atoms with Gasteiger partial charge in [-0.3, -0.25) is 4.79 Å². The second kappa shape index (κ2) is 11.1. The number of halogens is 3. The van der Waals surface area contributed by atoms with E-state index in [4.69, 9.17) is 9.47 Å². The third-order valence-corrected chi connectivity index (χ3v) is 5.23. The van der Waals surface area contributed by atoms with Crippen molar-refractivity contribution in [3.8, 4) is 11.5 Å². The second-order valence-electron chi connectivity index (χ2n) is 6.96. The van der Waals surface area contributed by atoms with Crippen molar-refractivity contribution in [3.05, 3.63) is 57.7 Å². The van der Waals surface area contributed by atoms with E-state index in [2.05, 4.69) is 28.2 Å². The first kappa shape index (κ1) is 24.7. The molecule has 2 rings (SSSR count). The Morgan fingerprint density at radius 2 is 1.81 bits per heavy atom. The molecule has 0 fully saturated rings. The molecule has 0 atom stereocenters. The average molecular weight is 497 g/mol. The molecule has 0 aliphatic heterocycles. The van der Waals surface area contributed by atoms with Crippen LogP contribution >= 0.6 is 15.9 Å². The van der Waals surface area contributed by atoms with Gasteiger partial charge >= 0.3 is 0 Å². The third-order valence-electron chi connectivity index (χ3n) is 4.74. The van der Waals surface area contributed by atoms with Gasteiger partial charge in [0.2, 0.25) is 0 Å². The summed E-state index contributed by atoms with van der Waals surface area (Å²) in [5.41, 5.74) is 3.88. The van der Waals surface area contributed by atoms with E-state index < -0.39 is 18.9 Å². The minimum Gasteiger partial charge on any atom is -0.496 e. The molecule has 168 valence electrons. The zero-order valence-corrected chi connectivity index (χ0v) is 19.8. The Hall–Kier alpha value is -2.61. The quantitative estimate of drug-likeness (QED) is 0.447. The van der Waals surface area contributed by atoms with Gasteiger partial charge in [-0.1, -0.05) is 28.4 Å². The Kier molecular flexibility index (Phi) is 8.86. The summed E-state index contributed by atoms with van der Waals surface area (Å²) in [6.45, 7) is 5.34. The van der Waals surface area contributed by atoms with Crippen molar-refractivity contribution in [1.82, 2.24) is 5.32 Å². The first-order valence-electron chi connectivity index (χ1n) is 9.76. The predicted octanol–water partition coefficient (Wildman–Crippen LogP) is 6.22. The minimum absolute atomic E-state index is 0.0677. The third kappa shape index (κ3) is 6.19. The summed E-state index contributed by atoms with van der Waals surface area (Å²) >= 11 is 3.49. The number of ether oxygens (including phenoxy) is 2. The van der Waals surface area contributed by atoms with E-state index in [1.54, 1.807) is 12.1 Å². The fourth-order valence-corrected chi connectivity index (χ4v) is 3.48. The topological polar surface area (TPSA) is 50.8 Å². The number of rotatable bonds is 9. The number of carbonyl (C=O) groups excluding carboxylic acids is 1. The Labute approximate surface area is 190 Å². The van der Waals surface area contributed by atoms with E-state index in [-0.39, 0.29) is 17.1 Å². The molecular formula is C23H27BrF2N2O3. The highest BCUT2D eigenvalue weighted by atomic mass is 79.9. The van der Waals surface area contributed by atoms with Crippen LogP contribution in [-0.4, -0.2) is 33.1 Å². The Balaban J connectivity index is 2.65. The number of carbonyl (C=O) groups is 1. The lowest BCUT2D eigenvalue weighted by Crippen LogP contribution is -2.29. The van der Waals surface area contributed by atoms with Crippen LogP contribution in [0.5, 0.6) is 11.5 Å². The minimum atomic E-state index is -2.65. The Morgan fingerprint density at radius 3 is 2.29 bits per heavy atom. The number of aryl methyl sites for hydroxylation is 1. The van der Waals surface area contributed by atoms with Crippen LogP contribution in [0.2, 0.25) is 0 Å². The van der Waals surface area contributed by atoms with Crippen LogP contribution < -0.4 is 19.7 Å². The van der Waals surface area contributed by atoms with Crippen molar-refractivity contribution in [1.29, 1.82) is 0 Å². The number of hydrogen-bond donors (Lipinski definition) is 1. The number of anilines is 2. The number of hydrogen-bond acceptors (Lipinski definition) is 4. The van der Waals surface area contributed by atoms with Crippen molar-refractivity contribution in [2.24, 2.45) is 0 Å². The summed E-state index contributed by atoms with van der Waals surface area (Å²) in [5.74, 6) is -0.237. The maximum absolute atomic E-state index is 12.6. The molecule has 0 spiro atoms. The van der Waals surface area contributed by atoms with Crippen LogP contribution in [0.1, 0.15) is 36.2 Å². The molecule has 0 unspecified atom stereocenters. The van der Waals surface area contributed by atoms with Crippen LogP contribution in [0.4, 0.5) is 20.2 Å². The van der Waals surface area contributed by atoms with Gasteiger partial charge in [-0.15, -0.1) is 0 Å². The molecule has 0 radical (unpaired) electrons. The van der Waals surface area contributed by atoms with Crippen LogP contribution in [0, 0.1) is 6.92 Å². The zero-order valence-electron chi connectivity index (χ0n) is 18.3. The van der Waals surface area contributed by atoms with Crippen molar-refractivity contribution < 1.29 is 23.0 Å². The molecule has 0 heterocycles. The summed E-state index contributed by atoms with van der Waals surface area (Å²) in [6, 6.07) is 9.34. The smallest absolute Gasteiger partial charge is 0.259 e. The number of methoxy groups -OCH3 is 2. The normalized spacial score (nSPS) is 11.5. The molecule has 0 bridgehead atoms. The van der Waals surface area contributed by atoms with Crippen molar-refractivity contribution in [2.45, 2.75) is 33.6 Å². The lowest BCUT2D eigenvalue weighted by atomic mass is 10.1. The van der Waals surface area contributed by atoms with Gasteiger partial charge in [0.25, 0.3) is 12.3 Å². The molecule has 1 N–H and O–H groups in total. The maximum atomic E-state index is 12.6.